The molecule has 1 aliphatic rings. The zero-order valence-electron chi connectivity index (χ0n) is 14.7. The molecule has 0 bridgehead atoms. The minimum absolute atomic E-state index is 0. The number of hydrogen-bond acceptors (Lipinski definition) is 2. The minimum atomic E-state index is 0. The van der Waals surface area contributed by atoms with Crippen molar-refractivity contribution >= 4 is 18.3 Å². The highest BCUT2D eigenvalue weighted by Crippen LogP contribution is 2.28. The lowest BCUT2D eigenvalue weighted by atomic mass is 9.92. The Morgan fingerprint density at radius 1 is 1.09 bits per heavy atom. The second-order valence-electron chi connectivity index (χ2n) is 7.32. The van der Waals surface area contributed by atoms with Crippen LogP contribution in [0.25, 0.3) is 0 Å². The van der Waals surface area contributed by atoms with Crippen molar-refractivity contribution in [2.75, 3.05) is 0 Å². The molecule has 0 spiro atoms. The molecule has 4 heteroatoms. The topological polar surface area (TPSA) is 55.1 Å². The van der Waals surface area contributed by atoms with Crippen LogP contribution in [0, 0.1) is 11.8 Å². The van der Waals surface area contributed by atoms with E-state index in [9.17, 15) is 4.79 Å². The van der Waals surface area contributed by atoms with E-state index >= 15 is 0 Å². The van der Waals surface area contributed by atoms with Gasteiger partial charge in [-0.15, -0.1) is 12.4 Å². The van der Waals surface area contributed by atoms with E-state index in [0.717, 1.165) is 19.3 Å². The summed E-state index contributed by atoms with van der Waals surface area (Å²) in [6.07, 6.45) is 2.71. The molecule has 1 aromatic rings. The van der Waals surface area contributed by atoms with E-state index in [4.69, 9.17) is 5.73 Å². The van der Waals surface area contributed by atoms with Crippen LogP contribution in [0.2, 0.25) is 0 Å². The number of halogens is 1. The molecule has 3 nitrogen and oxygen atoms in total. The molecule has 0 aromatic heterocycles. The van der Waals surface area contributed by atoms with Crippen molar-refractivity contribution in [3.05, 3.63) is 35.4 Å². The van der Waals surface area contributed by atoms with Crippen LogP contribution in [-0.4, -0.2) is 11.9 Å². The van der Waals surface area contributed by atoms with E-state index in [1.165, 1.54) is 11.1 Å². The van der Waals surface area contributed by atoms with Crippen molar-refractivity contribution in [2.24, 2.45) is 17.6 Å². The zero-order valence-corrected chi connectivity index (χ0v) is 15.5. The second kappa shape index (κ2) is 8.70. The number of nitrogens with two attached hydrogens (primary N) is 1. The Morgan fingerprint density at radius 2 is 1.65 bits per heavy atom. The van der Waals surface area contributed by atoms with Crippen LogP contribution in [0.4, 0.5) is 0 Å². The highest BCUT2D eigenvalue weighted by atomic mass is 35.5. The van der Waals surface area contributed by atoms with Crippen molar-refractivity contribution in [3.8, 4) is 0 Å². The first-order valence-corrected chi connectivity index (χ1v) is 8.54. The standard InChI is InChI=1S/C19H30N2O.ClH/c1-12(2)14-5-7-15(8-6-14)18(13(3)4)21-19(22)16-9-10-17(20)11-16;/h5-8,12-13,16-18H,9-11,20H2,1-4H3,(H,21,22);1H. The minimum Gasteiger partial charge on any atom is -0.349 e. The first-order chi connectivity index (χ1) is 10.4. The lowest BCUT2D eigenvalue weighted by Gasteiger charge is -2.25. The molecule has 0 saturated heterocycles. The molecule has 1 aromatic carbocycles. The number of nitrogens with one attached hydrogen (secondary N) is 1. The lowest BCUT2D eigenvalue weighted by Crippen LogP contribution is -2.36. The van der Waals surface area contributed by atoms with Crippen molar-refractivity contribution in [2.45, 2.75) is 65.0 Å². The van der Waals surface area contributed by atoms with E-state index < -0.39 is 0 Å². The summed E-state index contributed by atoms with van der Waals surface area (Å²) in [5.41, 5.74) is 8.45. The maximum atomic E-state index is 12.5. The van der Waals surface area contributed by atoms with Crippen LogP contribution in [0.5, 0.6) is 0 Å². The smallest absolute Gasteiger partial charge is 0.223 e. The van der Waals surface area contributed by atoms with E-state index in [2.05, 4.69) is 57.3 Å². The number of hydrogen-bond donors (Lipinski definition) is 2. The summed E-state index contributed by atoms with van der Waals surface area (Å²) in [6, 6.07) is 8.92. The average Bonchev–Trinajstić information content (AvgIpc) is 2.91. The first kappa shape index (κ1) is 20.0. The van der Waals surface area contributed by atoms with Crippen molar-refractivity contribution in [1.29, 1.82) is 0 Å². The molecule has 1 fully saturated rings. The van der Waals surface area contributed by atoms with Gasteiger partial charge in [-0.05, 0) is 42.2 Å². The molecule has 0 heterocycles. The van der Waals surface area contributed by atoms with Crippen LogP contribution in [0.3, 0.4) is 0 Å². The molecule has 3 N–H and O–H groups in total. The Bertz CT molecular complexity index is 499. The van der Waals surface area contributed by atoms with Crippen LogP contribution in [-0.2, 0) is 4.79 Å². The molecular weight excluding hydrogens is 308 g/mol. The quantitative estimate of drug-likeness (QED) is 0.846. The van der Waals surface area contributed by atoms with Crippen LogP contribution < -0.4 is 11.1 Å². The van der Waals surface area contributed by atoms with Gasteiger partial charge in [0.2, 0.25) is 5.91 Å². The molecule has 0 radical (unpaired) electrons. The van der Waals surface area contributed by atoms with Crippen molar-refractivity contribution in [3.63, 3.8) is 0 Å². The SMILES string of the molecule is CC(C)c1ccc(C(NC(=O)C2CCC(N)C2)C(C)C)cc1.Cl. The van der Waals surface area contributed by atoms with Gasteiger partial charge in [0.1, 0.15) is 0 Å². The summed E-state index contributed by atoms with van der Waals surface area (Å²) >= 11 is 0. The van der Waals surface area contributed by atoms with E-state index in [-0.39, 0.29) is 36.3 Å². The van der Waals surface area contributed by atoms with Gasteiger partial charge in [0.25, 0.3) is 0 Å². The molecular formula is C19H31ClN2O. The second-order valence-corrected chi connectivity index (χ2v) is 7.32. The van der Waals surface area contributed by atoms with Crippen LogP contribution in [0.15, 0.2) is 24.3 Å². The molecule has 3 atom stereocenters. The van der Waals surface area contributed by atoms with Gasteiger partial charge in [-0.1, -0.05) is 52.0 Å². The highest BCUT2D eigenvalue weighted by molar-refractivity contribution is 5.85. The summed E-state index contributed by atoms with van der Waals surface area (Å²) in [7, 11) is 0. The van der Waals surface area contributed by atoms with E-state index in [1.54, 1.807) is 0 Å². The predicted molar refractivity (Wildman–Crippen MR) is 98.8 cm³/mol. The number of carbonyl (C=O) groups is 1. The van der Waals surface area contributed by atoms with E-state index in [0.29, 0.717) is 11.8 Å². The maximum Gasteiger partial charge on any atom is 0.223 e. The molecule has 1 amide bonds. The molecule has 2 rings (SSSR count). The molecule has 3 unspecified atom stereocenters. The van der Waals surface area contributed by atoms with Crippen molar-refractivity contribution in [1.82, 2.24) is 5.32 Å². The van der Waals surface area contributed by atoms with Gasteiger partial charge in [-0.25, -0.2) is 0 Å². The molecule has 0 aliphatic heterocycles. The summed E-state index contributed by atoms with van der Waals surface area (Å²) in [4.78, 5) is 12.5. The Kier molecular flexibility index (Phi) is 7.56. The van der Waals surface area contributed by atoms with Gasteiger partial charge in [0.05, 0.1) is 6.04 Å². The molecule has 130 valence electrons. The summed E-state index contributed by atoms with van der Waals surface area (Å²) < 4.78 is 0. The third-order valence-corrected chi connectivity index (χ3v) is 4.77. The average molecular weight is 339 g/mol. The summed E-state index contributed by atoms with van der Waals surface area (Å²) in [6.45, 7) is 8.70. The van der Waals surface area contributed by atoms with Gasteiger partial charge < -0.3 is 11.1 Å². The summed E-state index contributed by atoms with van der Waals surface area (Å²) in [5, 5.41) is 3.25. The van der Waals surface area contributed by atoms with Gasteiger partial charge >= 0.3 is 0 Å². The first-order valence-electron chi connectivity index (χ1n) is 8.54. The Hall–Kier alpha value is -1.06. The Morgan fingerprint density at radius 3 is 2.09 bits per heavy atom. The van der Waals surface area contributed by atoms with Gasteiger partial charge in [0.15, 0.2) is 0 Å². The third kappa shape index (κ3) is 5.22. The molecule has 23 heavy (non-hydrogen) atoms. The van der Waals surface area contributed by atoms with Gasteiger partial charge in [-0.3, -0.25) is 4.79 Å². The fourth-order valence-corrected chi connectivity index (χ4v) is 3.25. The molecule has 1 saturated carbocycles. The van der Waals surface area contributed by atoms with E-state index in [1.807, 2.05) is 0 Å². The largest absolute Gasteiger partial charge is 0.349 e. The zero-order chi connectivity index (χ0) is 16.3. The maximum absolute atomic E-state index is 12.5. The summed E-state index contributed by atoms with van der Waals surface area (Å²) in [5.74, 6) is 1.15. The van der Waals surface area contributed by atoms with Crippen LogP contribution >= 0.6 is 12.4 Å². The fraction of sp³-hybridized carbons (Fsp3) is 0.632. The Balaban J connectivity index is 0.00000264. The Labute approximate surface area is 146 Å². The number of carbonyl (C=O) groups excluding carboxylic acids is 1. The third-order valence-electron chi connectivity index (χ3n) is 4.77. The van der Waals surface area contributed by atoms with Gasteiger partial charge in [0, 0.05) is 12.0 Å². The molecule has 1 aliphatic carbocycles. The number of amides is 1. The van der Waals surface area contributed by atoms with Gasteiger partial charge in [-0.2, -0.15) is 0 Å². The number of benzene rings is 1. The number of rotatable bonds is 5. The normalized spacial score (nSPS) is 22.0. The van der Waals surface area contributed by atoms with Crippen molar-refractivity contribution < 1.29 is 4.79 Å². The predicted octanol–water partition coefficient (Wildman–Crippen LogP) is 4.17. The monoisotopic (exact) mass is 338 g/mol. The lowest BCUT2D eigenvalue weighted by molar-refractivity contribution is -0.125. The highest BCUT2D eigenvalue weighted by Gasteiger charge is 2.30. The van der Waals surface area contributed by atoms with Crippen LogP contribution in [0.1, 0.15) is 70.0 Å². The fourth-order valence-electron chi connectivity index (χ4n) is 3.25.